The van der Waals surface area contributed by atoms with Crippen LogP contribution < -0.4 is 4.74 Å². The minimum absolute atomic E-state index is 0.0730. The summed E-state index contributed by atoms with van der Waals surface area (Å²) < 4.78 is 18.1. The lowest BCUT2D eigenvalue weighted by atomic mass is 10.2. The third kappa shape index (κ3) is 2.17. The molecular weight excluding hydrogens is 233 g/mol. The maximum absolute atomic E-state index is 12.9. The van der Waals surface area contributed by atoms with Gasteiger partial charge in [-0.2, -0.15) is 0 Å². The van der Waals surface area contributed by atoms with E-state index in [1.165, 1.54) is 23.6 Å². The largest absolute Gasteiger partial charge is 0.478 e. The highest BCUT2D eigenvalue weighted by atomic mass is 32.1. The Morgan fingerprint density at radius 3 is 2.94 bits per heavy atom. The van der Waals surface area contributed by atoms with E-state index in [9.17, 15) is 9.18 Å². The molecule has 0 saturated carbocycles. The minimum atomic E-state index is -1.24. The Morgan fingerprint density at radius 1 is 1.50 bits per heavy atom. The van der Waals surface area contributed by atoms with Gasteiger partial charge in [0.1, 0.15) is 17.1 Å². The van der Waals surface area contributed by atoms with Crippen LogP contribution in [-0.2, 0) is 0 Å². The molecule has 0 radical (unpaired) electrons. The van der Waals surface area contributed by atoms with Gasteiger partial charge >= 0.3 is 5.97 Å². The fraction of sp³-hybridized carbons (Fsp3) is 0. The number of rotatable bonds is 3. The van der Waals surface area contributed by atoms with E-state index in [4.69, 9.17) is 9.84 Å². The van der Waals surface area contributed by atoms with Crippen molar-refractivity contribution in [2.75, 3.05) is 0 Å². The molecule has 0 amide bonds. The normalized spacial score (nSPS) is 10.1. The molecule has 2 aromatic rings. The molecule has 2 rings (SSSR count). The van der Waals surface area contributed by atoms with Crippen molar-refractivity contribution >= 4 is 17.3 Å². The van der Waals surface area contributed by atoms with Crippen molar-refractivity contribution in [1.29, 1.82) is 0 Å². The second kappa shape index (κ2) is 4.28. The van der Waals surface area contributed by atoms with Crippen LogP contribution in [0, 0.1) is 5.82 Å². The number of carbonyl (C=O) groups is 1. The zero-order valence-electron chi connectivity index (χ0n) is 7.88. The second-order valence-corrected chi connectivity index (χ2v) is 3.70. The zero-order valence-corrected chi connectivity index (χ0v) is 8.70. The quantitative estimate of drug-likeness (QED) is 0.894. The number of aromatic carboxylic acids is 1. The van der Waals surface area contributed by atoms with Gasteiger partial charge in [-0.3, -0.25) is 0 Å². The summed E-state index contributed by atoms with van der Waals surface area (Å²) in [4.78, 5) is 14.7. The molecule has 0 spiro atoms. The molecule has 0 aliphatic rings. The van der Waals surface area contributed by atoms with Crippen molar-refractivity contribution in [1.82, 2.24) is 4.98 Å². The van der Waals surface area contributed by atoms with Gasteiger partial charge in [-0.25, -0.2) is 14.2 Å². The van der Waals surface area contributed by atoms with Crippen molar-refractivity contribution in [3.63, 3.8) is 0 Å². The molecule has 0 atom stereocenters. The molecule has 0 saturated heterocycles. The molecule has 1 aromatic carbocycles. The van der Waals surface area contributed by atoms with Crippen LogP contribution in [-0.4, -0.2) is 16.1 Å². The van der Waals surface area contributed by atoms with Gasteiger partial charge in [0, 0.05) is 11.6 Å². The van der Waals surface area contributed by atoms with Crippen molar-refractivity contribution in [2.45, 2.75) is 0 Å². The molecule has 0 aliphatic carbocycles. The van der Waals surface area contributed by atoms with Gasteiger partial charge in [0.25, 0.3) is 5.19 Å². The summed E-state index contributed by atoms with van der Waals surface area (Å²) in [6.45, 7) is 0. The molecule has 1 N–H and O–H groups in total. The van der Waals surface area contributed by atoms with Crippen molar-refractivity contribution < 1.29 is 19.0 Å². The number of hydrogen-bond acceptors (Lipinski definition) is 4. The molecule has 16 heavy (non-hydrogen) atoms. The van der Waals surface area contributed by atoms with Gasteiger partial charge in [-0.15, -0.1) is 0 Å². The maximum atomic E-state index is 12.9. The Labute approximate surface area is 93.9 Å². The van der Waals surface area contributed by atoms with E-state index in [2.05, 4.69) is 4.98 Å². The second-order valence-electron chi connectivity index (χ2n) is 2.85. The number of ether oxygens (including phenoxy) is 1. The van der Waals surface area contributed by atoms with Crippen molar-refractivity contribution in [3.05, 3.63) is 41.2 Å². The van der Waals surface area contributed by atoms with E-state index in [0.717, 1.165) is 12.1 Å². The summed E-state index contributed by atoms with van der Waals surface area (Å²) in [5.74, 6) is -1.79. The first-order valence-corrected chi connectivity index (χ1v) is 5.15. The van der Waals surface area contributed by atoms with Crippen LogP contribution in [0.2, 0.25) is 0 Å². The highest BCUT2D eigenvalue weighted by Gasteiger charge is 2.13. The Morgan fingerprint density at radius 2 is 2.31 bits per heavy atom. The third-order valence-corrected chi connectivity index (χ3v) is 2.43. The summed E-state index contributed by atoms with van der Waals surface area (Å²) in [7, 11) is 0. The van der Waals surface area contributed by atoms with E-state index < -0.39 is 11.8 Å². The van der Waals surface area contributed by atoms with Crippen LogP contribution in [0.4, 0.5) is 4.39 Å². The van der Waals surface area contributed by atoms with Crippen molar-refractivity contribution in [3.8, 4) is 10.9 Å². The van der Waals surface area contributed by atoms with E-state index in [1.54, 1.807) is 5.38 Å². The van der Waals surface area contributed by atoms with Crippen LogP contribution in [0.25, 0.3) is 0 Å². The minimum Gasteiger partial charge on any atom is -0.478 e. The van der Waals surface area contributed by atoms with Gasteiger partial charge in [0.05, 0.1) is 0 Å². The van der Waals surface area contributed by atoms with Crippen LogP contribution >= 0.6 is 11.3 Å². The molecule has 0 bridgehead atoms. The highest BCUT2D eigenvalue weighted by Crippen LogP contribution is 2.27. The number of carboxylic acids is 1. The summed E-state index contributed by atoms with van der Waals surface area (Å²) in [6, 6.07) is 3.31. The average Bonchev–Trinajstić information content (AvgIpc) is 2.73. The molecule has 6 heteroatoms. The van der Waals surface area contributed by atoms with Crippen LogP contribution in [0.3, 0.4) is 0 Å². The highest BCUT2D eigenvalue weighted by molar-refractivity contribution is 7.11. The first-order chi connectivity index (χ1) is 7.66. The molecule has 0 fully saturated rings. The van der Waals surface area contributed by atoms with E-state index in [0.29, 0.717) is 5.19 Å². The lowest BCUT2D eigenvalue weighted by Gasteiger charge is -2.05. The Hall–Kier alpha value is -1.95. The molecule has 0 unspecified atom stereocenters. The SMILES string of the molecule is O=C(O)c1cc(F)ccc1Oc1nccs1. The third-order valence-electron chi connectivity index (χ3n) is 1.78. The van der Waals surface area contributed by atoms with Gasteiger partial charge in [-0.05, 0) is 18.2 Å². The summed E-state index contributed by atoms with van der Waals surface area (Å²) >= 11 is 1.22. The van der Waals surface area contributed by atoms with E-state index in [1.807, 2.05) is 0 Å². The number of hydrogen-bond donors (Lipinski definition) is 1. The lowest BCUT2D eigenvalue weighted by molar-refractivity contribution is 0.0693. The fourth-order valence-electron chi connectivity index (χ4n) is 1.11. The topological polar surface area (TPSA) is 59.4 Å². The molecule has 1 heterocycles. The zero-order chi connectivity index (χ0) is 11.5. The first-order valence-electron chi connectivity index (χ1n) is 4.27. The number of benzene rings is 1. The Kier molecular flexibility index (Phi) is 2.82. The number of thiazole rings is 1. The molecular formula is C10H6FNO3S. The van der Waals surface area contributed by atoms with Crippen LogP contribution in [0.1, 0.15) is 10.4 Å². The number of halogens is 1. The van der Waals surface area contributed by atoms with E-state index in [-0.39, 0.29) is 11.3 Å². The summed E-state index contributed by atoms with van der Waals surface area (Å²) in [6.07, 6.45) is 1.53. The number of carboxylic acid groups (broad SMARTS) is 1. The van der Waals surface area contributed by atoms with Crippen LogP contribution in [0.15, 0.2) is 29.8 Å². The fourth-order valence-corrected chi connectivity index (χ4v) is 1.61. The number of nitrogens with zero attached hydrogens (tertiary/aromatic N) is 1. The summed E-state index contributed by atoms with van der Waals surface area (Å²) in [5, 5.41) is 10.9. The van der Waals surface area contributed by atoms with Gasteiger partial charge in [0.15, 0.2) is 0 Å². The van der Waals surface area contributed by atoms with Gasteiger partial charge in [0.2, 0.25) is 0 Å². The molecule has 1 aromatic heterocycles. The van der Waals surface area contributed by atoms with Gasteiger partial charge in [-0.1, -0.05) is 11.3 Å². The average molecular weight is 239 g/mol. The van der Waals surface area contributed by atoms with Gasteiger partial charge < -0.3 is 9.84 Å². The van der Waals surface area contributed by atoms with Crippen LogP contribution in [0.5, 0.6) is 10.9 Å². The molecule has 0 aliphatic heterocycles. The molecule has 82 valence electrons. The predicted molar refractivity (Wildman–Crippen MR) is 55.5 cm³/mol. The Bertz CT molecular complexity index is 513. The first kappa shape index (κ1) is 10.6. The standard InChI is InChI=1S/C10H6FNO3S/c11-6-1-2-8(7(5-6)9(13)14)15-10-12-3-4-16-10/h1-5H,(H,13,14). The Balaban J connectivity index is 2.36. The smallest absolute Gasteiger partial charge is 0.339 e. The predicted octanol–water partition coefficient (Wildman–Crippen LogP) is 2.77. The molecule has 4 nitrogen and oxygen atoms in total. The van der Waals surface area contributed by atoms with E-state index >= 15 is 0 Å². The lowest BCUT2D eigenvalue weighted by Crippen LogP contribution is -2.00. The number of aromatic nitrogens is 1. The monoisotopic (exact) mass is 239 g/mol. The maximum Gasteiger partial charge on any atom is 0.339 e. The van der Waals surface area contributed by atoms with Crippen molar-refractivity contribution in [2.24, 2.45) is 0 Å². The summed E-state index contributed by atoms with van der Waals surface area (Å²) in [5.41, 5.74) is -0.227.